The van der Waals surface area contributed by atoms with Gasteiger partial charge in [0.05, 0.1) is 0 Å². The standard InChI is InChI=1S/C16H33N/c1-4-8-14(3)12-15-9-6-7-10-16(15)13-17-11-5-2/h14-17H,4-13H2,1-3H3. The van der Waals surface area contributed by atoms with Crippen molar-refractivity contribution in [3.63, 3.8) is 0 Å². The van der Waals surface area contributed by atoms with Crippen LogP contribution in [0.3, 0.4) is 0 Å². The van der Waals surface area contributed by atoms with E-state index < -0.39 is 0 Å². The Hall–Kier alpha value is -0.0400. The van der Waals surface area contributed by atoms with Crippen LogP contribution in [-0.2, 0) is 0 Å². The first-order chi connectivity index (χ1) is 8.27. The molecule has 1 aliphatic rings. The highest BCUT2D eigenvalue weighted by Crippen LogP contribution is 2.34. The third-order valence-electron chi connectivity index (χ3n) is 4.39. The van der Waals surface area contributed by atoms with Crippen molar-refractivity contribution in [3.8, 4) is 0 Å². The van der Waals surface area contributed by atoms with Gasteiger partial charge in [0.1, 0.15) is 0 Å². The highest BCUT2D eigenvalue weighted by Gasteiger charge is 2.25. The van der Waals surface area contributed by atoms with Crippen molar-refractivity contribution >= 4 is 0 Å². The van der Waals surface area contributed by atoms with Crippen LogP contribution in [0, 0.1) is 17.8 Å². The van der Waals surface area contributed by atoms with E-state index in [4.69, 9.17) is 0 Å². The molecule has 102 valence electrons. The summed E-state index contributed by atoms with van der Waals surface area (Å²) in [5.74, 6) is 2.92. The highest BCUT2D eigenvalue weighted by atomic mass is 14.9. The minimum Gasteiger partial charge on any atom is -0.316 e. The first kappa shape index (κ1) is 15.0. The minimum absolute atomic E-state index is 0.941. The lowest BCUT2D eigenvalue weighted by atomic mass is 9.74. The van der Waals surface area contributed by atoms with E-state index in [-0.39, 0.29) is 0 Å². The number of hydrogen-bond donors (Lipinski definition) is 1. The van der Waals surface area contributed by atoms with Gasteiger partial charge in [0.25, 0.3) is 0 Å². The van der Waals surface area contributed by atoms with Gasteiger partial charge in [0, 0.05) is 0 Å². The molecular formula is C16H33N. The van der Waals surface area contributed by atoms with Crippen molar-refractivity contribution in [3.05, 3.63) is 0 Å². The summed E-state index contributed by atoms with van der Waals surface area (Å²) in [7, 11) is 0. The van der Waals surface area contributed by atoms with Crippen LogP contribution in [-0.4, -0.2) is 13.1 Å². The molecule has 1 rings (SSSR count). The minimum atomic E-state index is 0.941. The van der Waals surface area contributed by atoms with Crippen LogP contribution in [0.15, 0.2) is 0 Å². The summed E-state index contributed by atoms with van der Waals surface area (Å²) in [5, 5.41) is 3.64. The Morgan fingerprint density at radius 3 is 2.41 bits per heavy atom. The van der Waals surface area contributed by atoms with Crippen molar-refractivity contribution in [1.82, 2.24) is 5.32 Å². The van der Waals surface area contributed by atoms with E-state index in [1.54, 1.807) is 0 Å². The zero-order valence-electron chi connectivity index (χ0n) is 12.3. The fourth-order valence-corrected chi connectivity index (χ4v) is 3.46. The summed E-state index contributed by atoms with van der Waals surface area (Å²) in [6.07, 6.45) is 11.4. The average molecular weight is 239 g/mol. The van der Waals surface area contributed by atoms with E-state index in [1.807, 2.05) is 0 Å². The van der Waals surface area contributed by atoms with E-state index in [0.717, 1.165) is 17.8 Å². The second-order valence-electron chi connectivity index (χ2n) is 6.14. The van der Waals surface area contributed by atoms with Gasteiger partial charge in [-0.15, -0.1) is 0 Å². The Morgan fingerprint density at radius 2 is 1.76 bits per heavy atom. The van der Waals surface area contributed by atoms with E-state index in [2.05, 4.69) is 26.1 Å². The molecule has 0 bridgehead atoms. The molecule has 0 spiro atoms. The van der Waals surface area contributed by atoms with Gasteiger partial charge in [-0.05, 0) is 50.1 Å². The maximum absolute atomic E-state index is 3.64. The molecule has 1 aliphatic carbocycles. The Labute approximate surface area is 109 Å². The van der Waals surface area contributed by atoms with Gasteiger partial charge in [0.15, 0.2) is 0 Å². The SMILES string of the molecule is CCCNCC1CCCCC1CC(C)CCC. The third kappa shape index (κ3) is 5.90. The lowest BCUT2D eigenvalue weighted by molar-refractivity contribution is 0.192. The van der Waals surface area contributed by atoms with Crippen LogP contribution in [0.25, 0.3) is 0 Å². The second-order valence-corrected chi connectivity index (χ2v) is 6.14. The van der Waals surface area contributed by atoms with Crippen LogP contribution in [0.4, 0.5) is 0 Å². The molecule has 3 unspecified atom stereocenters. The molecule has 0 amide bonds. The summed E-state index contributed by atoms with van der Waals surface area (Å²) >= 11 is 0. The molecule has 1 fully saturated rings. The Morgan fingerprint density at radius 1 is 1.06 bits per heavy atom. The normalized spacial score (nSPS) is 27.0. The topological polar surface area (TPSA) is 12.0 Å². The van der Waals surface area contributed by atoms with Crippen LogP contribution < -0.4 is 5.32 Å². The zero-order chi connectivity index (χ0) is 12.5. The monoisotopic (exact) mass is 239 g/mol. The van der Waals surface area contributed by atoms with Gasteiger partial charge >= 0.3 is 0 Å². The van der Waals surface area contributed by atoms with Gasteiger partial charge in [0.2, 0.25) is 0 Å². The zero-order valence-corrected chi connectivity index (χ0v) is 12.3. The maximum Gasteiger partial charge on any atom is -0.00179 e. The fraction of sp³-hybridized carbons (Fsp3) is 1.00. The summed E-state index contributed by atoms with van der Waals surface area (Å²) in [5.41, 5.74) is 0. The largest absolute Gasteiger partial charge is 0.316 e. The quantitative estimate of drug-likeness (QED) is 0.610. The molecule has 0 heterocycles. The molecule has 0 aromatic rings. The van der Waals surface area contributed by atoms with Gasteiger partial charge in [-0.1, -0.05) is 52.9 Å². The van der Waals surface area contributed by atoms with E-state index in [1.165, 1.54) is 64.5 Å². The number of rotatable bonds is 8. The number of hydrogen-bond acceptors (Lipinski definition) is 1. The lowest BCUT2D eigenvalue weighted by Crippen LogP contribution is -2.31. The summed E-state index contributed by atoms with van der Waals surface area (Å²) < 4.78 is 0. The van der Waals surface area contributed by atoms with Crippen LogP contribution in [0.1, 0.15) is 72.1 Å². The second kappa shape index (κ2) is 8.97. The van der Waals surface area contributed by atoms with Crippen LogP contribution in [0.5, 0.6) is 0 Å². The van der Waals surface area contributed by atoms with Crippen molar-refractivity contribution in [2.45, 2.75) is 72.1 Å². The maximum atomic E-state index is 3.64. The van der Waals surface area contributed by atoms with E-state index in [0.29, 0.717) is 0 Å². The smallest absolute Gasteiger partial charge is 0.00179 e. The van der Waals surface area contributed by atoms with Crippen molar-refractivity contribution in [1.29, 1.82) is 0 Å². The Kier molecular flexibility index (Phi) is 7.92. The molecule has 1 nitrogen and oxygen atoms in total. The van der Waals surface area contributed by atoms with E-state index >= 15 is 0 Å². The van der Waals surface area contributed by atoms with Crippen LogP contribution >= 0.6 is 0 Å². The molecule has 0 radical (unpaired) electrons. The first-order valence-electron chi connectivity index (χ1n) is 7.98. The molecule has 1 saturated carbocycles. The lowest BCUT2D eigenvalue weighted by Gasteiger charge is -2.33. The predicted molar refractivity (Wildman–Crippen MR) is 77.3 cm³/mol. The molecule has 0 aromatic carbocycles. The van der Waals surface area contributed by atoms with Crippen LogP contribution in [0.2, 0.25) is 0 Å². The summed E-state index contributed by atoms with van der Waals surface area (Å²) in [6.45, 7) is 9.51. The Balaban J connectivity index is 2.31. The highest BCUT2D eigenvalue weighted by molar-refractivity contribution is 4.78. The van der Waals surface area contributed by atoms with Crippen molar-refractivity contribution < 1.29 is 0 Å². The molecule has 3 atom stereocenters. The number of nitrogens with one attached hydrogen (secondary N) is 1. The van der Waals surface area contributed by atoms with Gasteiger partial charge < -0.3 is 5.32 Å². The average Bonchev–Trinajstić information content (AvgIpc) is 2.32. The molecular weight excluding hydrogens is 206 g/mol. The van der Waals surface area contributed by atoms with E-state index in [9.17, 15) is 0 Å². The third-order valence-corrected chi connectivity index (χ3v) is 4.39. The molecule has 1 N–H and O–H groups in total. The van der Waals surface area contributed by atoms with Gasteiger partial charge in [-0.3, -0.25) is 0 Å². The summed E-state index contributed by atoms with van der Waals surface area (Å²) in [4.78, 5) is 0. The van der Waals surface area contributed by atoms with Gasteiger partial charge in [-0.2, -0.15) is 0 Å². The fourth-order valence-electron chi connectivity index (χ4n) is 3.46. The van der Waals surface area contributed by atoms with Crippen molar-refractivity contribution in [2.24, 2.45) is 17.8 Å². The van der Waals surface area contributed by atoms with Gasteiger partial charge in [-0.25, -0.2) is 0 Å². The molecule has 0 saturated heterocycles. The Bertz CT molecular complexity index is 178. The van der Waals surface area contributed by atoms with Crippen molar-refractivity contribution in [2.75, 3.05) is 13.1 Å². The predicted octanol–water partition coefficient (Wildman–Crippen LogP) is 4.62. The molecule has 0 aliphatic heterocycles. The first-order valence-corrected chi connectivity index (χ1v) is 7.98. The molecule has 0 aromatic heterocycles. The molecule has 17 heavy (non-hydrogen) atoms. The molecule has 1 heteroatoms. The summed E-state index contributed by atoms with van der Waals surface area (Å²) in [6, 6.07) is 0.